The molecular formula is C20H18F3N5O3. The minimum atomic E-state index is -4.40. The summed E-state index contributed by atoms with van der Waals surface area (Å²) in [6.45, 7) is 0.585. The molecule has 162 valence electrons. The minimum absolute atomic E-state index is 0.136. The molecule has 0 unspecified atom stereocenters. The minimum Gasteiger partial charge on any atom is -0.494 e. The zero-order valence-corrected chi connectivity index (χ0v) is 16.8. The molecular weight excluding hydrogens is 415 g/mol. The number of halogens is 3. The second kappa shape index (κ2) is 7.49. The number of aromatic nitrogens is 5. The Morgan fingerprint density at radius 3 is 2.32 bits per heavy atom. The maximum absolute atomic E-state index is 12.6. The molecule has 4 heterocycles. The van der Waals surface area contributed by atoms with Crippen LogP contribution in [0.4, 0.5) is 13.2 Å². The van der Waals surface area contributed by atoms with E-state index in [0.29, 0.717) is 33.9 Å². The van der Waals surface area contributed by atoms with E-state index < -0.39 is 12.7 Å². The molecule has 0 bridgehead atoms. The maximum Gasteiger partial charge on any atom is 0.408 e. The number of pyridine rings is 2. The first-order valence-electron chi connectivity index (χ1n) is 9.10. The Bertz CT molecular complexity index is 1240. The van der Waals surface area contributed by atoms with Crippen molar-refractivity contribution in [2.45, 2.75) is 19.6 Å². The zero-order chi connectivity index (χ0) is 22.3. The van der Waals surface area contributed by atoms with Crippen molar-refractivity contribution in [3.63, 3.8) is 0 Å². The number of alkyl halides is 3. The number of fused-ring (bicyclic) bond motifs is 1. The average Bonchev–Trinajstić information content (AvgIpc) is 3.30. The highest BCUT2D eigenvalue weighted by Gasteiger charge is 2.28. The van der Waals surface area contributed by atoms with E-state index in [1.54, 1.807) is 31.3 Å². The van der Waals surface area contributed by atoms with Gasteiger partial charge in [0.25, 0.3) is 0 Å². The van der Waals surface area contributed by atoms with Gasteiger partial charge in [-0.15, -0.1) is 0 Å². The Labute approximate surface area is 174 Å². The van der Waals surface area contributed by atoms with Crippen molar-refractivity contribution in [2.24, 2.45) is 0 Å². The van der Waals surface area contributed by atoms with Crippen LogP contribution < -0.4 is 9.47 Å². The first-order valence-corrected chi connectivity index (χ1v) is 9.10. The predicted octanol–water partition coefficient (Wildman–Crippen LogP) is 3.88. The third-order valence-electron chi connectivity index (χ3n) is 4.68. The van der Waals surface area contributed by atoms with Crippen LogP contribution in [0.15, 0.2) is 36.8 Å². The van der Waals surface area contributed by atoms with E-state index in [0.717, 1.165) is 10.2 Å². The summed E-state index contributed by atoms with van der Waals surface area (Å²) in [5, 5.41) is 14.9. The monoisotopic (exact) mass is 433 g/mol. The highest BCUT2D eigenvalue weighted by atomic mass is 19.4. The van der Waals surface area contributed by atoms with Crippen LogP contribution in [-0.4, -0.2) is 49.8 Å². The fourth-order valence-corrected chi connectivity index (χ4v) is 3.32. The summed E-state index contributed by atoms with van der Waals surface area (Å²) in [4.78, 5) is 8.76. The molecule has 8 nitrogen and oxygen atoms in total. The van der Waals surface area contributed by atoms with E-state index >= 15 is 0 Å². The third-order valence-corrected chi connectivity index (χ3v) is 4.68. The first kappa shape index (κ1) is 20.5. The molecule has 0 saturated heterocycles. The van der Waals surface area contributed by atoms with Crippen LogP contribution in [0.2, 0.25) is 0 Å². The molecule has 0 radical (unpaired) electrons. The molecule has 0 atom stereocenters. The molecule has 0 spiro atoms. The summed E-state index contributed by atoms with van der Waals surface area (Å²) >= 11 is 0. The fourth-order valence-electron chi connectivity index (χ4n) is 3.32. The van der Waals surface area contributed by atoms with Crippen LogP contribution in [0.1, 0.15) is 5.56 Å². The number of aryl methyl sites for hydroxylation is 1. The lowest BCUT2D eigenvalue weighted by Crippen LogP contribution is -2.17. The SMILES string of the molecule is COc1cc(-c2cc(C)c3c(O)n(-c4cnn(CC(F)(F)F)c4)cc3n2)cc(OC)n1. The third kappa shape index (κ3) is 3.98. The highest BCUT2D eigenvalue weighted by Crippen LogP contribution is 2.35. The van der Waals surface area contributed by atoms with Gasteiger partial charge in [-0.3, -0.25) is 9.25 Å². The molecule has 31 heavy (non-hydrogen) atoms. The summed E-state index contributed by atoms with van der Waals surface area (Å²) < 4.78 is 50.4. The second-order valence-electron chi connectivity index (χ2n) is 6.86. The zero-order valence-electron chi connectivity index (χ0n) is 16.8. The van der Waals surface area contributed by atoms with Crippen molar-refractivity contribution in [3.8, 4) is 34.6 Å². The van der Waals surface area contributed by atoms with E-state index in [4.69, 9.17) is 9.47 Å². The van der Waals surface area contributed by atoms with Gasteiger partial charge in [0.2, 0.25) is 17.6 Å². The molecule has 0 saturated carbocycles. The van der Waals surface area contributed by atoms with E-state index in [9.17, 15) is 18.3 Å². The van der Waals surface area contributed by atoms with Crippen molar-refractivity contribution in [3.05, 3.63) is 42.4 Å². The van der Waals surface area contributed by atoms with Crippen molar-refractivity contribution < 1.29 is 27.8 Å². The van der Waals surface area contributed by atoms with E-state index in [1.165, 1.54) is 31.2 Å². The Morgan fingerprint density at radius 2 is 1.71 bits per heavy atom. The lowest BCUT2D eigenvalue weighted by Gasteiger charge is -2.08. The number of methoxy groups -OCH3 is 2. The van der Waals surface area contributed by atoms with Crippen molar-refractivity contribution >= 4 is 10.9 Å². The Balaban J connectivity index is 1.79. The van der Waals surface area contributed by atoms with Gasteiger partial charge < -0.3 is 14.6 Å². The number of nitrogens with zero attached hydrogens (tertiary/aromatic N) is 5. The summed E-state index contributed by atoms with van der Waals surface area (Å²) in [6, 6.07) is 5.19. The van der Waals surface area contributed by atoms with Gasteiger partial charge in [-0.05, 0) is 18.6 Å². The molecule has 4 aromatic rings. The van der Waals surface area contributed by atoms with Crippen LogP contribution in [-0.2, 0) is 6.54 Å². The molecule has 4 rings (SSSR count). The van der Waals surface area contributed by atoms with Crippen molar-refractivity contribution in [1.82, 2.24) is 24.3 Å². The molecule has 11 heteroatoms. The smallest absolute Gasteiger partial charge is 0.408 e. The summed E-state index contributed by atoms with van der Waals surface area (Å²) in [6.07, 6.45) is -0.391. The molecule has 0 aliphatic rings. The van der Waals surface area contributed by atoms with Gasteiger partial charge >= 0.3 is 6.18 Å². The lowest BCUT2D eigenvalue weighted by molar-refractivity contribution is -0.142. The number of rotatable bonds is 5. The summed E-state index contributed by atoms with van der Waals surface area (Å²) in [7, 11) is 2.98. The standard InChI is InChI=1S/C20H18F3N5O3/c1-11-4-14(12-5-16(30-2)26-17(6-12)31-3)25-15-9-28(19(29)18(11)15)13-7-24-27(8-13)10-20(21,22)23/h4-9,29H,10H2,1-3H3. The maximum atomic E-state index is 12.6. The number of hydrogen-bond donors (Lipinski definition) is 1. The fraction of sp³-hybridized carbons (Fsp3) is 0.250. The molecule has 4 aromatic heterocycles. The molecule has 0 fully saturated rings. The first-order chi connectivity index (χ1) is 14.7. The number of hydrogen-bond acceptors (Lipinski definition) is 6. The van der Waals surface area contributed by atoms with Crippen molar-refractivity contribution in [2.75, 3.05) is 14.2 Å². The Morgan fingerprint density at radius 1 is 1.03 bits per heavy atom. The quantitative estimate of drug-likeness (QED) is 0.514. The van der Waals surface area contributed by atoms with Gasteiger partial charge in [0.1, 0.15) is 6.54 Å². The highest BCUT2D eigenvalue weighted by molar-refractivity contribution is 5.90. The van der Waals surface area contributed by atoms with Crippen LogP contribution >= 0.6 is 0 Å². The number of ether oxygens (including phenoxy) is 2. The molecule has 0 amide bonds. The van der Waals surface area contributed by atoms with E-state index in [1.807, 2.05) is 0 Å². The van der Waals surface area contributed by atoms with Crippen molar-refractivity contribution in [1.29, 1.82) is 0 Å². The topological polar surface area (TPSA) is 87.2 Å². The van der Waals surface area contributed by atoms with Crippen LogP contribution in [0.25, 0.3) is 27.8 Å². The Kier molecular flexibility index (Phi) is 4.96. The van der Waals surface area contributed by atoms with Gasteiger partial charge in [-0.2, -0.15) is 23.3 Å². The average molecular weight is 433 g/mol. The molecule has 0 aromatic carbocycles. The largest absolute Gasteiger partial charge is 0.494 e. The molecule has 1 N–H and O–H groups in total. The van der Waals surface area contributed by atoms with Gasteiger partial charge in [-0.1, -0.05) is 0 Å². The molecule has 0 aliphatic carbocycles. The van der Waals surface area contributed by atoms with Gasteiger partial charge in [-0.25, -0.2) is 4.98 Å². The number of aromatic hydroxyl groups is 1. The summed E-state index contributed by atoms with van der Waals surface area (Å²) in [5.41, 5.74) is 2.76. The van der Waals surface area contributed by atoms with Crippen LogP contribution in [0.3, 0.4) is 0 Å². The Hall–Kier alpha value is -3.76. The van der Waals surface area contributed by atoms with Crippen LogP contribution in [0, 0.1) is 6.92 Å². The summed E-state index contributed by atoms with van der Waals surface area (Å²) in [5.74, 6) is 0.570. The normalized spacial score (nSPS) is 11.8. The van der Waals surface area contributed by atoms with Gasteiger partial charge in [0, 0.05) is 30.1 Å². The lowest BCUT2D eigenvalue weighted by atomic mass is 10.1. The van der Waals surface area contributed by atoms with Gasteiger partial charge in [0.15, 0.2) is 0 Å². The predicted molar refractivity (Wildman–Crippen MR) is 106 cm³/mol. The van der Waals surface area contributed by atoms with Crippen LogP contribution in [0.5, 0.6) is 17.6 Å². The van der Waals surface area contributed by atoms with E-state index in [-0.39, 0.29) is 11.6 Å². The molecule has 0 aliphatic heterocycles. The van der Waals surface area contributed by atoms with E-state index in [2.05, 4.69) is 15.1 Å². The second-order valence-corrected chi connectivity index (χ2v) is 6.86. The van der Waals surface area contributed by atoms with Gasteiger partial charge in [0.05, 0.1) is 42.7 Å².